The Morgan fingerprint density at radius 1 is 0.333 bits per heavy atom. The summed E-state index contributed by atoms with van der Waals surface area (Å²) in [7, 11) is 0. The fourth-order valence-corrected chi connectivity index (χ4v) is 6.90. The van der Waals surface area contributed by atoms with Gasteiger partial charge < -0.3 is 9.80 Å². The Kier molecular flexibility index (Phi) is 10.4. The molecule has 0 aliphatic heterocycles. The van der Waals surface area contributed by atoms with Gasteiger partial charge in [-0.2, -0.15) is 0 Å². The summed E-state index contributed by atoms with van der Waals surface area (Å²) >= 11 is 0. The van der Waals surface area contributed by atoms with Gasteiger partial charge in [-0.05, 0) is 123 Å². The molecule has 0 radical (unpaired) electrons. The highest BCUT2D eigenvalue weighted by Crippen LogP contribution is 2.40. The molecule has 2 heteroatoms. The van der Waals surface area contributed by atoms with Gasteiger partial charge in [0.25, 0.3) is 0 Å². The normalized spacial score (nSPS) is 11.5. The molecule has 0 saturated carbocycles. The third-order valence-corrected chi connectivity index (χ3v) is 10.00. The zero-order valence-corrected chi connectivity index (χ0v) is 32.4. The Morgan fingerprint density at radius 3 is 0.944 bits per heavy atom. The van der Waals surface area contributed by atoms with Gasteiger partial charge in [-0.15, -0.1) is 0 Å². The molecule has 0 N–H and O–H groups in total. The lowest BCUT2D eigenvalue weighted by Crippen LogP contribution is -2.14. The summed E-state index contributed by atoms with van der Waals surface area (Å²) in [5.74, 6) is 0. The molecule has 0 aliphatic carbocycles. The minimum absolute atomic E-state index is 0.0696. The average molecular weight is 703 g/mol. The van der Waals surface area contributed by atoms with Crippen LogP contribution in [0.2, 0.25) is 0 Å². The molecule has 0 aliphatic rings. The van der Waals surface area contributed by atoms with E-state index < -0.39 is 0 Å². The van der Waals surface area contributed by atoms with Crippen molar-refractivity contribution in [3.63, 3.8) is 0 Å². The summed E-state index contributed by atoms with van der Waals surface area (Å²) in [5.41, 5.74) is 14.2. The molecular weight excluding hydrogens is 653 g/mol. The summed E-state index contributed by atoms with van der Waals surface area (Å²) in [4.78, 5) is 4.68. The second kappa shape index (κ2) is 15.5. The standard InChI is InChI=1S/C52H50N2/c1-51(2,3)42-24-30-46(31-25-42)53(44-20-14-9-15-21-44)48-34-36-49(37-35-48)54(47-32-26-43(27-33-47)52(4,5)6)45-28-22-39(23-29-45)38-50(40-16-10-7-11-17-40)41-18-12-8-13-19-41/h7-38H,1-6H3. The molecular formula is C52H50N2. The van der Waals surface area contributed by atoms with Crippen LogP contribution in [0.15, 0.2) is 188 Å². The van der Waals surface area contributed by atoms with E-state index in [4.69, 9.17) is 0 Å². The van der Waals surface area contributed by atoms with Gasteiger partial charge in [0.1, 0.15) is 0 Å². The fourth-order valence-electron chi connectivity index (χ4n) is 6.90. The van der Waals surface area contributed by atoms with Crippen molar-refractivity contribution in [3.05, 3.63) is 216 Å². The minimum Gasteiger partial charge on any atom is -0.311 e. The number of rotatable bonds is 9. The second-order valence-corrected chi connectivity index (χ2v) is 16.0. The highest BCUT2D eigenvalue weighted by molar-refractivity contribution is 5.92. The van der Waals surface area contributed by atoms with Crippen LogP contribution in [0.1, 0.15) is 69.4 Å². The van der Waals surface area contributed by atoms with Gasteiger partial charge in [-0.3, -0.25) is 0 Å². The fraction of sp³-hybridized carbons (Fsp3) is 0.154. The first kappa shape index (κ1) is 36.2. The molecule has 0 atom stereocenters. The van der Waals surface area contributed by atoms with Crippen LogP contribution < -0.4 is 9.80 Å². The number of hydrogen-bond donors (Lipinski definition) is 0. The van der Waals surface area contributed by atoms with Crippen LogP contribution >= 0.6 is 0 Å². The van der Waals surface area contributed by atoms with Crippen LogP contribution in [0.4, 0.5) is 34.1 Å². The topological polar surface area (TPSA) is 6.48 Å². The molecule has 7 aromatic carbocycles. The van der Waals surface area contributed by atoms with Gasteiger partial charge in [0, 0.05) is 34.1 Å². The monoisotopic (exact) mass is 702 g/mol. The molecule has 0 heterocycles. The van der Waals surface area contributed by atoms with Crippen molar-refractivity contribution in [2.24, 2.45) is 0 Å². The first-order chi connectivity index (χ1) is 26.0. The van der Waals surface area contributed by atoms with Crippen LogP contribution in [-0.2, 0) is 10.8 Å². The van der Waals surface area contributed by atoms with Crippen molar-refractivity contribution in [1.82, 2.24) is 0 Å². The van der Waals surface area contributed by atoms with Crippen LogP contribution in [0.5, 0.6) is 0 Å². The van der Waals surface area contributed by atoms with Crippen molar-refractivity contribution >= 4 is 45.8 Å². The molecule has 0 aromatic heterocycles. The van der Waals surface area contributed by atoms with Crippen molar-refractivity contribution < 1.29 is 0 Å². The zero-order chi connectivity index (χ0) is 37.7. The maximum absolute atomic E-state index is 2.35. The lowest BCUT2D eigenvalue weighted by atomic mass is 9.87. The van der Waals surface area contributed by atoms with Crippen molar-refractivity contribution in [3.8, 4) is 0 Å². The summed E-state index contributed by atoms with van der Waals surface area (Å²) in [5, 5.41) is 0. The minimum atomic E-state index is 0.0696. The lowest BCUT2D eigenvalue weighted by Gasteiger charge is -2.29. The van der Waals surface area contributed by atoms with E-state index in [2.05, 4.69) is 245 Å². The number of hydrogen-bond acceptors (Lipinski definition) is 2. The molecule has 7 rings (SSSR count). The summed E-state index contributed by atoms with van der Waals surface area (Å²) in [6.45, 7) is 13.6. The van der Waals surface area contributed by atoms with E-state index in [1.807, 2.05) is 0 Å². The van der Waals surface area contributed by atoms with E-state index in [-0.39, 0.29) is 10.8 Å². The largest absolute Gasteiger partial charge is 0.311 e. The van der Waals surface area contributed by atoms with Crippen LogP contribution in [0.3, 0.4) is 0 Å². The molecule has 0 bridgehead atoms. The Labute approximate surface area is 322 Å². The van der Waals surface area contributed by atoms with Gasteiger partial charge in [0.15, 0.2) is 0 Å². The maximum Gasteiger partial charge on any atom is 0.0463 e. The first-order valence-electron chi connectivity index (χ1n) is 18.9. The third-order valence-electron chi connectivity index (χ3n) is 10.00. The van der Waals surface area contributed by atoms with E-state index in [9.17, 15) is 0 Å². The van der Waals surface area contributed by atoms with Crippen LogP contribution in [0.25, 0.3) is 11.6 Å². The Hall–Kier alpha value is -6.12. The van der Waals surface area contributed by atoms with Crippen molar-refractivity contribution in [1.29, 1.82) is 0 Å². The van der Waals surface area contributed by atoms with Gasteiger partial charge in [0.05, 0.1) is 0 Å². The summed E-state index contributed by atoms with van der Waals surface area (Å²) in [6, 6.07) is 67.8. The van der Waals surface area contributed by atoms with E-state index in [1.54, 1.807) is 0 Å². The van der Waals surface area contributed by atoms with E-state index in [0.717, 1.165) is 39.7 Å². The molecule has 7 aromatic rings. The smallest absolute Gasteiger partial charge is 0.0463 e. The van der Waals surface area contributed by atoms with Gasteiger partial charge in [-0.1, -0.05) is 157 Å². The molecule has 2 nitrogen and oxygen atoms in total. The molecule has 0 spiro atoms. The molecule has 0 amide bonds. The Bertz CT molecular complexity index is 2230. The maximum atomic E-state index is 2.35. The Morgan fingerprint density at radius 2 is 0.611 bits per heavy atom. The molecule has 268 valence electrons. The quantitative estimate of drug-likeness (QED) is 0.138. The molecule has 0 fully saturated rings. The van der Waals surface area contributed by atoms with E-state index in [0.29, 0.717) is 0 Å². The highest BCUT2D eigenvalue weighted by Gasteiger charge is 2.19. The highest BCUT2D eigenvalue weighted by atomic mass is 15.2. The SMILES string of the molecule is CC(C)(C)c1ccc(N(c2ccccc2)c2ccc(N(c3ccc(C=C(c4ccccc4)c4ccccc4)cc3)c3ccc(C(C)(C)C)cc3)cc2)cc1. The van der Waals surface area contributed by atoms with E-state index >= 15 is 0 Å². The number of anilines is 6. The van der Waals surface area contributed by atoms with Crippen molar-refractivity contribution in [2.45, 2.75) is 52.4 Å². The number of para-hydroxylation sites is 1. The van der Waals surface area contributed by atoms with Crippen molar-refractivity contribution in [2.75, 3.05) is 9.80 Å². The first-order valence-corrected chi connectivity index (χ1v) is 18.9. The van der Waals surface area contributed by atoms with Crippen LogP contribution in [0, 0.1) is 0 Å². The average Bonchev–Trinajstić information content (AvgIpc) is 3.19. The third kappa shape index (κ3) is 8.24. The molecule has 0 saturated heterocycles. The Balaban J connectivity index is 1.28. The lowest BCUT2D eigenvalue weighted by molar-refractivity contribution is 0.590. The van der Waals surface area contributed by atoms with Gasteiger partial charge in [0.2, 0.25) is 0 Å². The van der Waals surface area contributed by atoms with Gasteiger partial charge in [-0.25, -0.2) is 0 Å². The predicted octanol–water partition coefficient (Wildman–Crippen LogP) is 14.8. The number of benzene rings is 7. The van der Waals surface area contributed by atoms with Gasteiger partial charge >= 0.3 is 0 Å². The second-order valence-electron chi connectivity index (χ2n) is 16.0. The summed E-state index contributed by atoms with van der Waals surface area (Å²) < 4.78 is 0. The zero-order valence-electron chi connectivity index (χ0n) is 32.4. The summed E-state index contributed by atoms with van der Waals surface area (Å²) in [6.07, 6.45) is 2.29. The van der Waals surface area contributed by atoms with E-state index in [1.165, 1.54) is 27.8 Å². The number of nitrogens with zero attached hydrogens (tertiary/aromatic N) is 2. The van der Waals surface area contributed by atoms with Crippen LogP contribution in [-0.4, -0.2) is 0 Å². The predicted molar refractivity (Wildman–Crippen MR) is 233 cm³/mol. The molecule has 0 unspecified atom stereocenters. The molecule has 54 heavy (non-hydrogen) atoms.